The SMILES string of the molecule is O=[N+]([O-])c1ccc(Cl)cc1CP(=O)(c1ccccc1)c1ccccc1. The maximum absolute atomic E-state index is 14.0. The Hall–Kier alpha value is -2.42. The number of nitro groups is 1. The van der Waals surface area contributed by atoms with Crippen molar-refractivity contribution in [3.63, 3.8) is 0 Å². The zero-order valence-electron chi connectivity index (χ0n) is 13.2. The fourth-order valence-electron chi connectivity index (χ4n) is 2.77. The summed E-state index contributed by atoms with van der Waals surface area (Å²) < 4.78 is 14.0. The largest absolute Gasteiger partial charge is 0.313 e. The first-order valence-electron chi connectivity index (χ1n) is 7.64. The topological polar surface area (TPSA) is 60.2 Å². The molecule has 0 spiro atoms. The van der Waals surface area contributed by atoms with E-state index in [1.165, 1.54) is 18.2 Å². The van der Waals surface area contributed by atoms with Crippen LogP contribution in [0.25, 0.3) is 0 Å². The molecule has 0 unspecified atom stereocenters. The monoisotopic (exact) mass is 371 g/mol. The minimum Gasteiger partial charge on any atom is -0.313 e. The Morgan fingerprint density at radius 2 is 1.40 bits per heavy atom. The summed E-state index contributed by atoms with van der Waals surface area (Å²) in [5.41, 5.74) is 0.296. The lowest BCUT2D eigenvalue weighted by molar-refractivity contribution is -0.385. The van der Waals surface area contributed by atoms with Crippen molar-refractivity contribution in [1.29, 1.82) is 0 Å². The van der Waals surface area contributed by atoms with Gasteiger partial charge in [-0.25, -0.2) is 0 Å². The molecule has 126 valence electrons. The summed E-state index contributed by atoms with van der Waals surface area (Å²) >= 11 is 6.03. The van der Waals surface area contributed by atoms with E-state index in [0.29, 0.717) is 21.2 Å². The van der Waals surface area contributed by atoms with E-state index in [1.807, 2.05) is 36.4 Å². The molecule has 0 aromatic heterocycles. The van der Waals surface area contributed by atoms with Gasteiger partial charge < -0.3 is 4.57 Å². The average Bonchev–Trinajstić information content (AvgIpc) is 2.63. The molecule has 0 fully saturated rings. The van der Waals surface area contributed by atoms with Crippen molar-refractivity contribution in [1.82, 2.24) is 0 Å². The highest BCUT2D eigenvalue weighted by atomic mass is 35.5. The second-order valence-corrected chi connectivity index (χ2v) is 8.86. The molecule has 0 radical (unpaired) electrons. The van der Waals surface area contributed by atoms with Crippen LogP contribution in [-0.2, 0) is 10.7 Å². The van der Waals surface area contributed by atoms with E-state index in [0.717, 1.165) is 0 Å². The van der Waals surface area contributed by atoms with Gasteiger partial charge in [0.25, 0.3) is 5.69 Å². The van der Waals surface area contributed by atoms with Crippen LogP contribution in [0.3, 0.4) is 0 Å². The number of halogens is 1. The second kappa shape index (κ2) is 7.22. The van der Waals surface area contributed by atoms with Gasteiger partial charge in [-0.15, -0.1) is 0 Å². The van der Waals surface area contributed by atoms with Gasteiger partial charge in [0.2, 0.25) is 0 Å². The molecule has 3 aromatic carbocycles. The molecule has 0 aliphatic rings. The Kier molecular flexibility index (Phi) is 5.03. The Morgan fingerprint density at radius 3 is 1.88 bits per heavy atom. The Morgan fingerprint density at radius 1 is 0.880 bits per heavy atom. The molecule has 6 heteroatoms. The quantitative estimate of drug-likeness (QED) is 0.369. The van der Waals surface area contributed by atoms with Crippen LogP contribution in [0.4, 0.5) is 5.69 Å². The molecule has 0 bridgehead atoms. The molecule has 3 rings (SSSR count). The third kappa shape index (κ3) is 3.65. The molecule has 3 aromatic rings. The number of benzene rings is 3. The molecule has 0 heterocycles. The van der Waals surface area contributed by atoms with Gasteiger partial charge in [0.05, 0.1) is 4.92 Å². The first kappa shape index (κ1) is 17.4. The van der Waals surface area contributed by atoms with Crippen molar-refractivity contribution in [2.45, 2.75) is 6.16 Å². The van der Waals surface area contributed by atoms with Gasteiger partial charge in [-0.1, -0.05) is 72.3 Å². The first-order chi connectivity index (χ1) is 12.0. The predicted octanol–water partition coefficient (Wildman–Crippen LogP) is 4.76. The summed E-state index contributed by atoms with van der Waals surface area (Å²) in [5.74, 6) is 0. The molecule has 0 N–H and O–H groups in total. The minimum atomic E-state index is -3.10. The maximum Gasteiger partial charge on any atom is 0.273 e. The smallest absolute Gasteiger partial charge is 0.273 e. The van der Waals surface area contributed by atoms with Crippen LogP contribution >= 0.6 is 18.7 Å². The first-order valence-corrected chi connectivity index (χ1v) is 9.91. The van der Waals surface area contributed by atoms with Crippen LogP contribution in [0.5, 0.6) is 0 Å². The van der Waals surface area contributed by atoms with E-state index >= 15 is 0 Å². The molecule has 0 aliphatic heterocycles. The lowest BCUT2D eigenvalue weighted by Gasteiger charge is -2.19. The van der Waals surface area contributed by atoms with Gasteiger partial charge in [0, 0.05) is 33.4 Å². The van der Waals surface area contributed by atoms with Gasteiger partial charge in [-0.3, -0.25) is 10.1 Å². The van der Waals surface area contributed by atoms with Crippen LogP contribution in [0.2, 0.25) is 5.02 Å². The fraction of sp³-hybridized carbons (Fsp3) is 0.0526. The molecule has 4 nitrogen and oxygen atoms in total. The zero-order valence-corrected chi connectivity index (χ0v) is 14.9. The van der Waals surface area contributed by atoms with E-state index in [9.17, 15) is 14.7 Å². The highest BCUT2D eigenvalue weighted by molar-refractivity contribution is 7.78. The summed E-state index contributed by atoms with van der Waals surface area (Å²) in [4.78, 5) is 10.9. The number of hydrogen-bond donors (Lipinski definition) is 0. The van der Waals surface area contributed by atoms with Crippen molar-refractivity contribution in [3.05, 3.63) is 99.6 Å². The Labute approximate surface area is 150 Å². The van der Waals surface area contributed by atoms with Gasteiger partial charge in [0.1, 0.15) is 7.14 Å². The lowest BCUT2D eigenvalue weighted by Crippen LogP contribution is -2.17. The predicted molar refractivity (Wildman–Crippen MR) is 102 cm³/mol. The molecular weight excluding hydrogens is 357 g/mol. The van der Waals surface area contributed by atoms with E-state index in [1.54, 1.807) is 24.3 Å². The molecule has 0 saturated carbocycles. The Balaban J connectivity index is 2.17. The van der Waals surface area contributed by atoms with Crippen molar-refractivity contribution in [3.8, 4) is 0 Å². The highest BCUT2D eigenvalue weighted by Crippen LogP contribution is 2.48. The second-order valence-electron chi connectivity index (χ2n) is 5.60. The number of hydrogen-bond acceptors (Lipinski definition) is 3. The molecule has 0 amide bonds. The number of nitrogens with zero attached hydrogens (tertiary/aromatic N) is 1. The third-order valence-electron chi connectivity index (χ3n) is 3.98. The van der Waals surface area contributed by atoms with Crippen LogP contribution in [0.15, 0.2) is 78.9 Å². The van der Waals surface area contributed by atoms with Gasteiger partial charge in [-0.2, -0.15) is 0 Å². The number of nitro benzene ring substituents is 1. The van der Waals surface area contributed by atoms with Crippen LogP contribution < -0.4 is 10.6 Å². The normalized spacial score (nSPS) is 11.2. The minimum absolute atomic E-state index is 0.0396. The standard InChI is InChI=1S/C19H15ClNO3P/c20-16-11-12-19(21(22)23)15(13-16)14-25(24,17-7-3-1-4-8-17)18-9-5-2-6-10-18/h1-13H,14H2. The average molecular weight is 372 g/mol. The van der Waals surface area contributed by atoms with Crippen LogP contribution in [-0.4, -0.2) is 4.92 Å². The maximum atomic E-state index is 14.0. The van der Waals surface area contributed by atoms with Gasteiger partial charge >= 0.3 is 0 Å². The summed E-state index contributed by atoms with van der Waals surface area (Å²) in [6, 6.07) is 22.5. The molecular formula is C19H15ClNO3P. The van der Waals surface area contributed by atoms with Crippen molar-refractivity contribution in [2.24, 2.45) is 0 Å². The molecule has 25 heavy (non-hydrogen) atoms. The van der Waals surface area contributed by atoms with E-state index in [-0.39, 0.29) is 11.8 Å². The summed E-state index contributed by atoms with van der Waals surface area (Å²) in [5, 5.41) is 13.1. The summed E-state index contributed by atoms with van der Waals surface area (Å²) in [6.45, 7) is 0. The zero-order chi connectivity index (χ0) is 17.9. The number of rotatable bonds is 5. The molecule has 0 aliphatic carbocycles. The van der Waals surface area contributed by atoms with E-state index in [2.05, 4.69) is 0 Å². The third-order valence-corrected chi connectivity index (χ3v) is 7.26. The van der Waals surface area contributed by atoms with E-state index in [4.69, 9.17) is 11.6 Å². The van der Waals surface area contributed by atoms with E-state index < -0.39 is 12.1 Å². The van der Waals surface area contributed by atoms with Crippen molar-refractivity contribution < 1.29 is 9.49 Å². The Bertz CT molecular complexity index is 902. The summed E-state index contributed by atoms with van der Waals surface area (Å²) in [7, 11) is -3.10. The summed E-state index contributed by atoms with van der Waals surface area (Å²) in [6.07, 6.45) is 0.0396. The van der Waals surface area contributed by atoms with Crippen molar-refractivity contribution >= 4 is 35.0 Å². The van der Waals surface area contributed by atoms with Crippen molar-refractivity contribution in [2.75, 3.05) is 0 Å². The van der Waals surface area contributed by atoms with Gasteiger partial charge in [-0.05, 0) is 12.1 Å². The van der Waals surface area contributed by atoms with Gasteiger partial charge in [0.15, 0.2) is 0 Å². The highest BCUT2D eigenvalue weighted by Gasteiger charge is 2.30. The van der Waals surface area contributed by atoms with Crippen LogP contribution in [0.1, 0.15) is 5.56 Å². The molecule has 0 atom stereocenters. The molecule has 0 saturated heterocycles. The van der Waals surface area contributed by atoms with Crippen LogP contribution in [0, 0.1) is 10.1 Å². The fourth-order valence-corrected chi connectivity index (χ4v) is 5.67. The lowest BCUT2D eigenvalue weighted by atomic mass is 10.2.